The zero-order valence-electron chi connectivity index (χ0n) is 16.1. The Labute approximate surface area is 164 Å². The number of quaternary nitrogens is 1. The van der Waals surface area contributed by atoms with Crippen LogP contribution in [-0.4, -0.2) is 67.1 Å². The lowest BCUT2D eigenvalue weighted by atomic mass is 9.99. The number of amides is 2. The summed E-state index contributed by atoms with van der Waals surface area (Å²) in [6.45, 7) is 5.23. The van der Waals surface area contributed by atoms with Crippen LogP contribution >= 0.6 is 11.8 Å². The van der Waals surface area contributed by atoms with Gasteiger partial charge in [-0.1, -0.05) is 19.1 Å². The van der Waals surface area contributed by atoms with Gasteiger partial charge in [0, 0.05) is 25.4 Å². The van der Waals surface area contributed by atoms with Crippen molar-refractivity contribution < 1.29 is 18.9 Å². The van der Waals surface area contributed by atoms with Crippen LogP contribution in [0.4, 0.5) is 4.39 Å². The van der Waals surface area contributed by atoms with Crippen molar-refractivity contribution in [1.29, 1.82) is 0 Å². The summed E-state index contributed by atoms with van der Waals surface area (Å²) in [4.78, 5) is 30.0. The summed E-state index contributed by atoms with van der Waals surface area (Å²) in [5, 5.41) is -0.0646. The van der Waals surface area contributed by atoms with Crippen molar-refractivity contribution in [3.63, 3.8) is 0 Å². The zero-order valence-corrected chi connectivity index (χ0v) is 16.9. The largest absolute Gasteiger partial charge is 0.338 e. The lowest BCUT2D eigenvalue weighted by Crippen LogP contribution is -3.11. The average Bonchev–Trinajstić information content (AvgIpc) is 3.12. The highest BCUT2D eigenvalue weighted by Gasteiger charge is 2.32. The summed E-state index contributed by atoms with van der Waals surface area (Å²) < 4.78 is 13.2. The summed E-state index contributed by atoms with van der Waals surface area (Å²) in [6.07, 6.45) is 2.13. The van der Waals surface area contributed by atoms with Gasteiger partial charge >= 0.3 is 0 Å². The molecule has 2 fully saturated rings. The number of halogens is 1. The number of rotatable bonds is 5. The second-order valence-electron chi connectivity index (χ2n) is 7.74. The van der Waals surface area contributed by atoms with E-state index in [9.17, 15) is 14.0 Å². The minimum absolute atomic E-state index is 0.0480. The van der Waals surface area contributed by atoms with Crippen molar-refractivity contribution in [1.82, 2.24) is 9.80 Å². The average molecular weight is 395 g/mol. The van der Waals surface area contributed by atoms with Crippen LogP contribution in [0, 0.1) is 11.7 Å². The number of carbonyl (C=O) groups excluding carboxylic acids is 2. The van der Waals surface area contributed by atoms with Crippen LogP contribution in [-0.2, 0) is 9.59 Å². The summed E-state index contributed by atoms with van der Waals surface area (Å²) in [5.74, 6) is 1.48. The Morgan fingerprint density at radius 2 is 1.74 bits per heavy atom. The molecule has 1 N–H and O–H groups in total. The molecule has 0 spiro atoms. The highest BCUT2D eigenvalue weighted by Crippen LogP contribution is 2.37. The molecule has 2 aliphatic heterocycles. The topological polar surface area (TPSA) is 45.1 Å². The number of hydrogen-bond acceptors (Lipinski definition) is 3. The summed E-state index contributed by atoms with van der Waals surface area (Å²) in [5.41, 5.74) is 0.948. The van der Waals surface area contributed by atoms with E-state index in [1.54, 1.807) is 23.9 Å². The van der Waals surface area contributed by atoms with E-state index in [2.05, 4.69) is 6.92 Å². The minimum atomic E-state index is -0.269. The van der Waals surface area contributed by atoms with E-state index in [1.165, 1.54) is 12.1 Å². The van der Waals surface area contributed by atoms with Crippen LogP contribution in [0.2, 0.25) is 0 Å². The van der Waals surface area contributed by atoms with Gasteiger partial charge in [0.15, 0.2) is 13.1 Å². The summed E-state index contributed by atoms with van der Waals surface area (Å²) in [6, 6.07) is 6.37. The number of likely N-dealkylation sites (tertiary alicyclic amines) is 1. The highest BCUT2D eigenvalue weighted by molar-refractivity contribution is 7.99. The molecule has 1 unspecified atom stereocenters. The first-order chi connectivity index (χ1) is 12.9. The molecule has 0 aromatic heterocycles. The number of hydrogen-bond donors (Lipinski definition) is 1. The number of carbonyl (C=O) groups is 2. The zero-order chi connectivity index (χ0) is 19.4. The third kappa shape index (κ3) is 5.23. The van der Waals surface area contributed by atoms with Gasteiger partial charge in [0.2, 0.25) is 0 Å². The Morgan fingerprint density at radius 3 is 2.41 bits per heavy atom. The van der Waals surface area contributed by atoms with Crippen LogP contribution in [0.15, 0.2) is 24.3 Å². The van der Waals surface area contributed by atoms with Gasteiger partial charge in [-0.05, 0) is 36.5 Å². The van der Waals surface area contributed by atoms with Crippen molar-refractivity contribution >= 4 is 23.6 Å². The SMILES string of the molecule is CC1CCN(C(=O)C[NH+](C)CC(=O)N2CCS[C@@H]2c2ccc(F)cc2)CC1. The van der Waals surface area contributed by atoms with Gasteiger partial charge in [-0.25, -0.2) is 4.39 Å². The molecule has 2 saturated heterocycles. The van der Waals surface area contributed by atoms with Gasteiger partial charge in [-0.2, -0.15) is 0 Å². The van der Waals surface area contributed by atoms with E-state index >= 15 is 0 Å². The Kier molecular flexibility index (Phi) is 6.76. The normalized spacial score (nSPS) is 22.1. The standard InChI is InChI=1S/C20H28FN3O2S/c1-15-7-9-23(10-8-15)18(25)13-22(2)14-19(26)24-11-12-27-20(24)16-3-5-17(21)6-4-16/h3-6,15,20H,7-14H2,1-2H3/p+1/t20-/m1/s1. The molecule has 7 heteroatoms. The predicted octanol–water partition coefficient (Wildman–Crippen LogP) is 1.17. The molecule has 0 aliphatic carbocycles. The van der Waals surface area contributed by atoms with E-state index in [4.69, 9.17) is 0 Å². The third-order valence-electron chi connectivity index (χ3n) is 5.41. The maximum atomic E-state index is 13.2. The second-order valence-corrected chi connectivity index (χ2v) is 8.92. The quantitative estimate of drug-likeness (QED) is 0.816. The third-order valence-corrected chi connectivity index (χ3v) is 6.67. The maximum Gasteiger partial charge on any atom is 0.278 e. The molecular formula is C20H29FN3O2S+. The van der Waals surface area contributed by atoms with Crippen LogP contribution in [0.5, 0.6) is 0 Å². The van der Waals surface area contributed by atoms with Crippen molar-refractivity contribution in [3.05, 3.63) is 35.6 Å². The van der Waals surface area contributed by atoms with Crippen LogP contribution in [0.1, 0.15) is 30.7 Å². The molecular weight excluding hydrogens is 365 g/mol. The molecule has 2 heterocycles. The fourth-order valence-electron chi connectivity index (χ4n) is 3.68. The van der Waals surface area contributed by atoms with Crippen molar-refractivity contribution in [2.45, 2.75) is 25.1 Å². The number of benzene rings is 1. The fourth-order valence-corrected chi connectivity index (χ4v) is 4.96. The lowest BCUT2D eigenvalue weighted by Gasteiger charge is -2.31. The number of piperidine rings is 1. The molecule has 2 atom stereocenters. The van der Waals surface area contributed by atoms with Gasteiger partial charge in [0.1, 0.15) is 11.2 Å². The molecule has 2 amide bonds. The van der Waals surface area contributed by atoms with Crippen LogP contribution < -0.4 is 4.90 Å². The molecule has 0 radical (unpaired) electrons. The first-order valence-corrected chi connectivity index (χ1v) is 10.7. The number of thioether (sulfide) groups is 1. The number of nitrogens with one attached hydrogen (secondary N) is 1. The molecule has 148 valence electrons. The van der Waals surface area contributed by atoms with E-state index in [-0.39, 0.29) is 23.0 Å². The lowest BCUT2D eigenvalue weighted by molar-refractivity contribution is -0.863. The first kappa shape index (κ1) is 20.1. The second kappa shape index (κ2) is 9.06. The smallest absolute Gasteiger partial charge is 0.278 e. The fraction of sp³-hybridized carbons (Fsp3) is 0.600. The van der Waals surface area contributed by atoms with Crippen molar-refractivity contribution in [2.24, 2.45) is 5.92 Å². The molecule has 0 saturated carbocycles. The van der Waals surface area contributed by atoms with Crippen molar-refractivity contribution in [2.75, 3.05) is 45.5 Å². The van der Waals surface area contributed by atoms with E-state index in [0.29, 0.717) is 25.6 Å². The number of likely N-dealkylation sites (N-methyl/N-ethyl adjacent to an activating group) is 1. The van der Waals surface area contributed by atoms with Gasteiger partial charge in [0.25, 0.3) is 11.8 Å². The predicted molar refractivity (Wildman–Crippen MR) is 105 cm³/mol. The van der Waals surface area contributed by atoms with E-state index in [1.807, 2.05) is 16.8 Å². The van der Waals surface area contributed by atoms with E-state index < -0.39 is 0 Å². The highest BCUT2D eigenvalue weighted by atomic mass is 32.2. The molecule has 2 aliphatic rings. The van der Waals surface area contributed by atoms with Gasteiger partial charge < -0.3 is 14.7 Å². The van der Waals surface area contributed by atoms with Crippen LogP contribution in [0.3, 0.4) is 0 Å². The molecule has 5 nitrogen and oxygen atoms in total. The number of nitrogens with zero attached hydrogens (tertiary/aromatic N) is 2. The molecule has 27 heavy (non-hydrogen) atoms. The van der Waals surface area contributed by atoms with Crippen molar-refractivity contribution in [3.8, 4) is 0 Å². The molecule has 1 aromatic rings. The Balaban J connectivity index is 1.52. The van der Waals surface area contributed by atoms with E-state index in [0.717, 1.165) is 42.1 Å². The summed E-state index contributed by atoms with van der Waals surface area (Å²) >= 11 is 1.70. The first-order valence-electron chi connectivity index (χ1n) is 9.69. The minimum Gasteiger partial charge on any atom is -0.338 e. The van der Waals surface area contributed by atoms with Gasteiger partial charge in [0.05, 0.1) is 7.05 Å². The van der Waals surface area contributed by atoms with Gasteiger partial charge in [-0.15, -0.1) is 11.8 Å². The molecule has 0 bridgehead atoms. The van der Waals surface area contributed by atoms with Gasteiger partial charge in [-0.3, -0.25) is 9.59 Å². The Bertz CT molecular complexity index is 662. The Hall–Kier alpha value is -1.60. The Morgan fingerprint density at radius 1 is 1.11 bits per heavy atom. The summed E-state index contributed by atoms with van der Waals surface area (Å²) in [7, 11) is 1.90. The molecule has 3 rings (SSSR count). The van der Waals surface area contributed by atoms with Crippen LogP contribution in [0.25, 0.3) is 0 Å². The molecule has 1 aromatic carbocycles. The monoisotopic (exact) mass is 394 g/mol. The maximum absolute atomic E-state index is 13.2.